The van der Waals surface area contributed by atoms with Crippen LogP contribution in [0.5, 0.6) is 0 Å². The van der Waals surface area contributed by atoms with E-state index in [2.05, 4.69) is 46.8 Å². The van der Waals surface area contributed by atoms with Crippen molar-refractivity contribution in [3.63, 3.8) is 0 Å². The van der Waals surface area contributed by atoms with Crippen LogP contribution >= 0.6 is 0 Å². The molecule has 3 nitrogen and oxygen atoms in total. The maximum atomic E-state index is 10.3. The highest BCUT2D eigenvalue weighted by Crippen LogP contribution is 2.67. The Morgan fingerprint density at radius 2 is 1.84 bits per heavy atom. The van der Waals surface area contributed by atoms with E-state index in [1.165, 1.54) is 44.1 Å². The van der Waals surface area contributed by atoms with Crippen molar-refractivity contribution < 1.29 is 14.9 Å². The highest BCUT2D eigenvalue weighted by atomic mass is 17.2. The zero-order valence-electron chi connectivity index (χ0n) is 20.4. The minimum atomic E-state index is -0.108. The molecule has 0 spiro atoms. The average molecular weight is 429 g/mol. The quantitative estimate of drug-likeness (QED) is 0.413. The highest BCUT2D eigenvalue weighted by Gasteiger charge is 2.59. The van der Waals surface area contributed by atoms with Gasteiger partial charge >= 0.3 is 0 Å². The predicted octanol–water partition coefficient (Wildman–Crippen LogP) is 6.48. The van der Waals surface area contributed by atoms with Crippen molar-refractivity contribution in [2.75, 3.05) is 6.61 Å². The molecular formula is C28H44O3. The molecule has 3 unspecified atom stereocenters. The Labute approximate surface area is 189 Å². The first-order chi connectivity index (χ1) is 14.7. The molecule has 1 N–H and O–H groups in total. The second-order valence-corrected chi connectivity index (χ2v) is 12.5. The van der Waals surface area contributed by atoms with Gasteiger partial charge in [0.1, 0.15) is 12.7 Å². The molecule has 4 aliphatic carbocycles. The van der Waals surface area contributed by atoms with E-state index in [1.807, 2.05) is 0 Å². The van der Waals surface area contributed by atoms with Crippen LogP contribution in [0.4, 0.5) is 0 Å². The molecule has 31 heavy (non-hydrogen) atoms. The second kappa shape index (κ2) is 7.99. The third kappa shape index (κ3) is 3.49. The standard InChI is InChI=1S/C28H44O3/c1-17(2)19-14-26(31-30-16-19)18(3)23-8-9-24-22-7-6-20-15-21(29)10-12-27(20,4)25(22)11-13-28(23,24)5/h6,14,17-18,21-26,29H,7-13,15-16H2,1-5H3/t18-,21-,22?,23+,24?,25?,26+,27-,28+/m0/s1. The first-order valence-corrected chi connectivity index (χ1v) is 13.1. The van der Waals surface area contributed by atoms with Gasteiger partial charge in [-0.15, -0.1) is 0 Å². The van der Waals surface area contributed by atoms with Gasteiger partial charge in [-0.25, -0.2) is 9.78 Å². The van der Waals surface area contributed by atoms with E-state index >= 15 is 0 Å². The monoisotopic (exact) mass is 428 g/mol. The Kier molecular flexibility index (Phi) is 5.71. The Bertz CT molecular complexity index is 753. The largest absolute Gasteiger partial charge is 0.393 e. The maximum Gasteiger partial charge on any atom is 0.114 e. The van der Waals surface area contributed by atoms with E-state index in [1.54, 1.807) is 5.57 Å². The molecule has 9 atom stereocenters. The summed E-state index contributed by atoms with van der Waals surface area (Å²) in [4.78, 5) is 11.4. The summed E-state index contributed by atoms with van der Waals surface area (Å²) in [5, 5.41) is 10.3. The first-order valence-electron chi connectivity index (χ1n) is 13.1. The summed E-state index contributed by atoms with van der Waals surface area (Å²) >= 11 is 0. The fourth-order valence-corrected chi connectivity index (χ4v) is 8.84. The molecule has 174 valence electrons. The van der Waals surface area contributed by atoms with Crippen LogP contribution in [0, 0.1) is 46.3 Å². The predicted molar refractivity (Wildman–Crippen MR) is 124 cm³/mol. The molecule has 5 aliphatic rings. The molecule has 0 amide bonds. The van der Waals surface area contributed by atoms with Gasteiger partial charge in [-0.05, 0) is 103 Å². The van der Waals surface area contributed by atoms with Crippen molar-refractivity contribution >= 4 is 0 Å². The zero-order chi connectivity index (χ0) is 22.0. The Morgan fingerprint density at radius 3 is 2.61 bits per heavy atom. The number of allylic oxidation sites excluding steroid dienone is 1. The Hall–Kier alpha value is -0.640. The van der Waals surface area contributed by atoms with Gasteiger partial charge < -0.3 is 5.11 Å². The Balaban J connectivity index is 1.37. The second-order valence-electron chi connectivity index (χ2n) is 12.5. The number of aliphatic hydroxyl groups is 1. The van der Waals surface area contributed by atoms with Crippen molar-refractivity contribution in [1.82, 2.24) is 0 Å². The molecular weight excluding hydrogens is 384 g/mol. The van der Waals surface area contributed by atoms with Crippen LogP contribution in [-0.4, -0.2) is 23.9 Å². The summed E-state index contributed by atoms with van der Waals surface area (Å²) in [7, 11) is 0. The van der Waals surface area contributed by atoms with Crippen LogP contribution in [0.1, 0.15) is 86.0 Å². The number of hydrogen-bond acceptors (Lipinski definition) is 3. The maximum absolute atomic E-state index is 10.3. The Morgan fingerprint density at radius 1 is 1.03 bits per heavy atom. The fourth-order valence-electron chi connectivity index (χ4n) is 8.84. The van der Waals surface area contributed by atoms with E-state index < -0.39 is 0 Å². The van der Waals surface area contributed by atoms with E-state index in [-0.39, 0.29) is 12.2 Å². The van der Waals surface area contributed by atoms with Gasteiger partial charge in [0.15, 0.2) is 0 Å². The number of hydrogen-bond donors (Lipinski definition) is 1. The topological polar surface area (TPSA) is 38.7 Å². The molecule has 0 aromatic rings. The van der Waals surface area contributed by atoms with Gasteiger partial charge in [-0.2, -0.15) is 0 Å². The molecule has 3 heteroatoms. The van der Waals surface area contributed by atoms with Crippen LogP contribution in [-0.2, 0) is 9.78 Å². The molecule has 5 rings (SSSR count). The van der Waals surface area contributed by atoms with E-state index in [9.17, 15) is 5.11 Å². The van der Waals surface area contributed by atoms with E-state index in [0.29, 0.717) is 35.2 Å². The molecule has 0 radical (unpaired) electrons. The van der Waals surface area contributed by atoms with Crippen molar-refractivity contribution in [3.05, 3.63) is 23.3 Å². The number of fused-ring (bicyclic) bond motifs is 5. The van der Waals surface area contributed by atoms with Crippen LogP contribution in [0.2, 0.25) is 0 Å². The highest BCUT2D eigenvalue weighted by molar-refractivity contribution is 5.25. The van der Waals surface area contributed by atoms with Crippen molar-refractivity contribution in [2.24, 2.45) is 46.3 Å². The SMILES string of the molecule is CC(C)C1=C[C@H]([C@@H](C)[C@H]2CCC3C4CC=C5C[C@@H](O)CC[C@]5(C)C4CC[C@@]32C)OOC1. The normalized spacial score (nSPS) is 48.4. The molecule has 0 aromatic heterocycles. The number of aliphatic hydroxyl groups excluding tert-OH is 1. The summed E-state index contributed by atoms with van der Waals surface area (Å²) in [6.07, 6.45) is 14.7. The van der Waals surface area contributed by atoms with Gasteiger partial charge in [0.25, 0.3) is 0 Å². The molecule has 3 saturated carbocycles. The molecule has 1 aliphatic heterocycles. The van der Waals surface area contributed by atoms with E-state index in [4.69, 9.17) is 9.78 Å². The average Bonchev–Trinajstić information content (AvgIpc) is 3.11. The summed E-state index contributed by atoms with van der Waals surface area (Å²) in [6.45, 7) is 12.7. The third-order valence-electron chi connectivity index (χ3n) is 10.8. The van der Waals surface area contributed by atoms with Gasteiger partial charge in [0, 0.05) is 0 Å². The van der Waals surface area contributed by atoms with Gasteiger partial charge in [-0.1, -0.05) is 52.3 Å². The van der Waals surface area contributed by atoms with Crippen LogP contribution in [0.25, 0.3) is 0 Å². The minimum Gasteiger partial charge on any atom is -0.393 e. The molecule has 1 heterocycles. The van der Waals surface area contributed by atoms with Crippen LogP contribution in [0.15, 0.2) is 23.3 Å². The van der Waals surface area contributed by atoms with E-state index in [0.717, 1.165) is 30.6 Å². The lowest BCUT2D eigenvalue weighted by atomic mass is 9.47. The lowest BCUT2D eigenvalue weighted by Crippen LogP contribution is -2.51. The van der Waals surface area contributed by atoms with Crippen molar-refractivity contribution in [2.45, 2.75) is 98.2 Å². The third-order valence-corrected chi connectivity index (χ3v) is 10.8. The zero-order valence-corrected chi connectivity index (χ0v) is 20.4. The van der Waals surface area contributed by atoms with Crippen molar-refractivity contribution in [3.8, 4) is 0 Å². The molecule has 0 saturated heterocycles. The van der Waals surface area contributed by atoms with Crippen molar-refractivity contribution in [1.29, 1.82) is 0 Å². The van der Waals surface area contributed by atoms with Gasteiger partial charge in [0.05, 0.1) is 6.10 Å². The fraction of sp³-hybridized carbons (Fsp3) is 0.857. The first kappa shape index (κ1) is 22.2. The van der Waals surface area contributed by atoms with Crippen LogP contribution < -0.4 is 0 Å². The van der Waals surface area contributed by atoms with Gasteiger partial charge in [0.2, 0.25) is 0 Å². The van der Waals surface area contributed by atoms with Gasteiger partial charge in [-0.3, -0.25) is 0 Å². The summed E-state index contributed by atoms with van der Waals surface area (Å²) in [5.41, 5.74) is 3.73. The summed E-state index contributed by atoms with van der Waals surface area (Å²) < 4.78 is 0. The smallest absolute Gasteiger partial charge is 0.114 e. The minimum absolute atomic E-state index is 0.0969. The number of rotatable bonds is 3. The summed E-state index contributed by atoms with van der Waals surface area (Å²) in [6, 6.07) is 0. The molecule has 0 aromatic carbocycles. The lowest BCUT2D eigenvalue weighted by molar-refractivity contribution is -0.328. The van der Waals surface area contributed by atoms with Crippen LogP contribution in [0.3, 0.4) is 0 Å². The lowest BCUT2D eigenvalue weighted by Gasteiger charge is -2.58. The molecule has 3 fully saturated rings. The molecule has 0 bridgehead atoms. The summed E-state index contributed by atoms with van der Waals surface area (Å²) in [5.74, 6) is 4.20.